The van der Waals surface area contributed by atoms with Crippen molar-refractivity contribution in [3.8, 4) is 0 Å². The quantitative estimate of drug-likeness (QED) is 0.461. The van der Waals surface area contributed by atoms with Gasteiger partial charge in [0.2, 0.25) is 0 Å². The van der Waals surface area contributed by atoms with E-state index in [1.165, 1.54) is 0 Å². The average Bonchev–Trinajstić information content (AvgIpc) is 1.79. The van der Waals surface area contributed by atoms with E-state index in [1.54, 1.807) is 4.82 Å². The third-order valence-corrected chi connectivity index (χ3v) is 8.84. The van der Waals surface area contributed by atoms with Crippen LogP contribution in [0.4, 0.5) is 0 Å². The first-order valence-corrected chi connectivity index (χ1v) is 5.38. The van der Waals surface area contributed by atoms with Gasteiger partial charge >= 0.3 is 65.4 Å². The molecule has 0 nitrogen and oxygen atoms in total. The number of hydrogen-bond donors (Lipinski definition) is 0. The SMILES string of the molecule is I[C]1=[C](I)[Ge]1. The molecule has 1 aliphatic heterocycles. The fraction of sp³-hybridized carbons (Fsp3) is 0. The predicted molar refractivity (Wildman–Crippen MR) is 40.8 cm³/mol. The van der Waals surface area contributed by atoms with Crippen molar-refractivity contribution in [1.82, 2.24) is 0 Å². The van der Waals surface area contributed by atoms with Gasteiger partial charge in [-0.05, 0) is 0 Å². The van der Waals surface area contributed by atoms with Gasteiger partial charge in [-0.15, -0.1) is 0 Å². The minimum atomic E-state index is 0.418. The van der Waals surface area contributed by atoms with Crippen molar-refractivity contribution >= 4 is 60.6 Å². The van der Waals surface area contributed by atoms with E-state index in [-0.39, 0.29) is 0 Å². The Bertz CT molecular complexity index is 75.6. The maximum atomic E-state index is 2.41. The Balaban J connectivity index is 2.59. The van der Waals surface area contributed by atoms with Crippen molar-refractivity contribution in [3.63, 3.8) is 0 Å². The van der Waals surface area contributed by atoms with E-state index in [4.69, 9.17) is 0 Å². The molecule has 0 aromatic carbocycles. The van der Waals surface area contributed by atoms with Crippen LogP contribution in [-0.2, 0) is 0 Å². The monoisotopic (exact) mass is 352 g/mol. The standard InChI is InChI=1S/C2GeI2/c4-1-2(5)3-1. The van der Waals surface area contributed by atoms with Crippen LogP contribution in [0, 0.1) is 0 Å². The van der Waals surface area contributed by atoms with E-state index in [0.29, 0.717) is 15.4 Å². The predicted octanol–water partition coefficient (Wildman–Crippen LogP) is 1.70. The molecule has 26 valence electrons. The molecule has 0 unspecified atom stereocenters. The van der Waals surface area contributed by atoms with Crippen LogP contribution in [0.15, 0.2) is 4.82 Å². The second-order valence-electron chi connectivity index (χ2n) is 0.753. The topological polar surface area (TPSA) is 0 Å². The molecule has 0 N–H and O–H groups in total. The molecule has 1 aliphatic rings. The van der Waals surface area contributed by atoms with Gasteiger partial charge in [-0.25, -0.2) is 0 Å². The molecule has 0 amide bonds. The molecule has 0 saturated carbocycles. The summed E-state index contributed by atoms with van der Waals surface area (Å²) < 4.78 is 3.34. The molecule has 0 aromatic heterocycles. The average molecular weight is 350 g/mol. The van der Waals surface area contributed by atoms with Crippen LogP contribution in [-0.4, -0.2) is 15.4 Å². The van der Waals surface area contributed by atoms with E-state index in [0.717, 1.165) is 0 Å². The third kappa shape index (κ3) is 1.34. The summed E-state index contributed by atoms with van der Waals surface area (Å²) >= 11 is 5.23. The fourth-order valence-corrected chi connectivity index (χ4v) is 5.82. The van der Waals surface area contributed by atoms with Gasteiger partial charge in [-0.2, -0.15) is 0 Å². The molecule has 2 radical (unpaired) electrons. The zero-order valence-corrected chi connectivity index (χ0v) is 8.67. The van der Waals surface area contributed by atoms with Crippen molar-refractivity contribution in [3.05, 3.63) is 4.82 Å². The Morgan fingerprint density at radius 2 is 1.40 bits per heavy atom. The second kappa shape index (κ2) is 1.69. The molecule has 0 saturated heterocycles. The first-order chi connectivity index (χ1) is 2.30. The summed E-state index contributed by atoms with van der Waals surface area (Å²) in [5.74, 6) is 0. The van der Waals surface area contributed by atoms with Crippen LogP contribution in [0.5, 0.6) is 0 Å². The maximum absolute atomic E-state index is 2.41. The molecule has 3 heteroatoms. The molecule has 0 bridgehead atoms. The third-order valence-electron chi connectivity index (χ3n) is 0.350. The van der Waals surface area contributed by atoms with Crippen molar-refractivity contribution in [2.75, 3.05) is 0 Å². The number of hydrogen-bond acceptors (Lipinski definition) is 0. The molecular weight excluding hydrogens is 350 g/mol. The summed E-state index contributed by atoms with van der Waals surface area (Å²) in [5, 5.41) is 0. The van der Waals surface area contributed by atoms with Gasteiger partial charge in [0, 0.05) is 0 Å². The van der Waals surface area contributed by atoms with Crippen LogP contribution >= 0.6 is 45.2 Å². The van der Waals surface area contributed by atoms with Gasteiger partial charge in [0.05, 0.1) is 0 Å². The molecule has 5 heavy (non-hydrogen) atoms. The first kappa shape index (κ1) is 4.89. The molecular formula is C2GeI2. The normalized spacial score (nSPS) is 20.4. The molecule has 0 spiro atoms. The summed E-state index contributed by atoms with van der Waals surface area (Å²) in [5.41, 5.74) is 0. The van der Waals surface area contributed by atoms with Gasteiger partial charge in [0.15, 0.2) is 0 Å². The molecule has 1 heterocycles. The van der Waals surface area contributed by atoms with Gasteiger partial charge < -0.3 is 0 Å². The molecule has 0 aliphatic carbocycles. The van der Waals surface area contributed by atoms with Crippen LogP contribution in [0.3, 0.4) is 0 Å². The van der Waals surface area contributed by atoms with E-state index in [9.17, 15) is 0 Å². The fourth-order valence-electron chi connectivity index (χ4n) is 0.0651. The van der Waals surface area contributed by atoms with Crippen LogP contribution in [0.25, 0.3) is 0 Å². The summed E-state index contributed by atoms with van der Waals surface area (Å²) in [4.78, 5) is 0. The Hall–Kier alpha value is 1.74. The summed E-state index contributed by atoms with van der Waals surface area (Å²) in [6, 6.07) is 0. The van der Waals surface area contributed by atoms with Crippen molar-refractivity contribution in [1.29, 1.82) is 0 Å². The number of halogens is 2. The zero-order chi connectivity index (χ0) is 3.86. The Kier molecular flexibility index (Phi) is 1.65. The van der Waals surface area contributed by atoms with Crippen LogP contribution in [0.2, 0.25) is 0 Å². The van der Waals surface area contributed by atoms with Crippen LogP contribution < -0.4 is 0 Å². The zero-order valence-electron chi connectivity index (χ0n) is 2.26. The molecule has 1 rings (SSSR count). The van der Waals surface area contributed by atoms with Gasteiger partial charge in [0.25, 0.3) is 0 Å². The summed E-state index contributed by atoms with van der Waals surface area (Å²) in [7, 11) is 0. The van der Waals surface area contributed by atoms with Gasteiger partial charge in [-0.3, -0.25) is 0 Å². The molecule has 0 fully saturated rings. The van der Waals surface area contributed by atoms with Crippen LogP contribution in [0.1, 0.15) is 0 Å². The molecule has 0 aromatic rings. The Morgan fingerprint density at radius 1 is 1.20 bits per heavy atom. The summed E-state index contributed by atoms with van der Waals surface area (Å²) in [6.07, 6.45) is 0. The Morgan fingerprint density at radius 3 is 1.40 bits per heavy atom. The van der Waals surface area contributed by atoms with E-state index < -0.39 is 0 Å². The minimum absolute atomic E-state index is 0.418. The van der Waals surface area contributed by atoms with E-state index in [2.05, 4.69) is 45.2 Å². The van der Waals surface area contributed by atoms with Crippen molar-refractivity contribution < 1.29 is 0 Å². The molecule has 0 atom stereocenters. The summed E-state index contributed by atoms with van der Waals surface area (Å²) in [6.45, 7) is 0. The first-order valence-electron chi connectivity index (χ1n) is 1.13. The number of rotatable bonds is 0. The van der Waals surface area contributed by atoms with Crippen molar-refractivity contribution in [2.24, 2.45) is 0 Å². The van der Waals surface area contributed by atoms with E-state index in [1.807, 2.05) is 0 Å². The Labute approximate surface area is 64.5 Å². The van der Waals surface area contributed by atoms with Crippen molar-refractivity contribution in [2.45, 2.75) is 0 Å². The van der Waals surface area contributed by atoms with Gasteiger partial charge in [0.1, 0.15) is 0 Å². The van der Waals surface area contributed by atoms with E-state index >= 15 is 0 Å². The van der Waals surface area contributed by atoms with Gasteiger partial charge in [-0.1, -0.05) is 0 Å². The second-order valence-corrected chi connectivity index (χ2v) is 9.80.